The van der Waals surface area contributed by atoms with Gasteiger partial charge in [-0.25, -0.2) is 15.0 Å². The van der Waals surface area contributed by atoms with Crippen LogP contribution < -0.4 is 0 Å². The molecular formula is C49H31N5. The second kappa shape index (κ2) is 13.3. The molecule has 10 rings (SSSR count). The van der Waals surface area contributed by atoms with E-state index in [4.69, 9.17) is 15.0 Å². The van der Waals surface area contributed by atoms with Crippen molar-refractivity contribution < 1.29 is 0 Å². The minimum absolute atomic E-state index is 0.590. The van der Waals surface area contributed by atoms with Gasteiger partial charge in [0.25, 0.3) is 0 Å². The molecule has 7 aromatic carbocycles. The topological polar surface area (TPSA) is 64.5 Å². The zero-order valence-corrected chi connectivity index (χ0v) is 29.1. The molecule has 3 aromatic heterocycles. The summed E-state index contributed by atoms with van der Waals surface area (Å²) in [6.45, 7) is 0. The maximum Gasteiger partial charge on any atom is 0.164 e. The quantitative estimate of drug-likeness (QED) is 0.184. The largest absolute Gasteiger partial charge is 0.265 e. The molecular weight excluding hydrogens is 659 g/mol. The van der Waals surface area contributed by atoms with Crippen molar-refractivity contribution >= 4 is 53.9 Å². The Labute approximate surface area is 311 Å². The monoisotopic (exact) mass is 689 g/mol. The number of hydrogen-bond donors (Lipinski definition) is 0. The molecule has 0 saturated carbocycles. The summed E-state index contributed by atoms with van der Waals surface area (Å²) in [4.78, 5) is 23.6. The van der Waals surface area contributed by atoms with E-state index in [0.717, 1.165) is 44.0 Å². The van der Waals surface area contributed by atoms with Gasteiger partial charge in [-0.15, -0.1) is 0 Å². The molecule has 5 heteroatoms. The van der Waals surface area contributed by atoms with Crippen molar-refractivity contribution in [2.75, 3.05) is 0 Å². The highest BCUT2D eigenvalue weighted by molar-refractivity contribution is 6.26. The van der Waals surface area contributed by atoms with Crippen LogP contribution in [-0.4, -0.2) is 24.9 Å². The Kier molecular flexibility index (Phi) is 7.73. The maximum atomic E-state index is 5.14. The van der Waals surface area contributed by atoms with E-state index in [0.29, 0.717) is 17.5 Å². The summed E-state index contributed by atoms with van der Waals surface area (Å²) in [6, 6.07) is 57.8. The Balaban J connectivity index is 1.28. The Morgan fingerprint density at radius 1 is 0.222 bits per heavy atom. The van der Waals surface area contributed by atoms with Crippen LogP contribution in [0.3, 0.4) is 0 Å². The van der Waals surface area contributed by atoms with E-state index in [2.05, 4.69) is 149 Å². The van der Waals surface area contributed by atoms with Crippen LogP contribution >= 0.6 is 0 Å². The lowest BCUT2D eigenvalue weighted by atomic mass is 9.94. The number of fused-ring (bicyclic) bond motifs is 10. The van der Waals surface area contributed by atoms with E-state index in [1.165, 1.54) is 37.7 Å². The maximum absolute atomic E-state index is 5.14. The van der Waals surface area contributed by atoms with Gasteiger partial charge in [0.1, 0.15) is 0 Å². The lowest BCUT2D eigenvalue weighted by molar-refractivity contribution is 1.07. The van der Waals surface area contributed by atoms with Crippen molar-refractivity contribution in [2.24, 2.45) is 0 Å². The molecule has 252 valence electrons. The molecule has 0 N–H and O–H groups in total. The molecule has 5 nitrogen and oxygen atoms in total. The second-order valence-corrected chi connectivity index (χ2v) is 13.3. The van der Waals surface area contributed by atoms with Gasteiger partial charge in [0, 0.05) is 41.5 Å². The van der Waals surface area contributed by atoms with Gasteiger partial charge in [0.05, 0.1) is 0 Å². The highest BCUT2D eigenvalue weighted by Crippen LogP contribution is 2.37. The number of rotatable bonds is 4. The van der Waals surface area contributed by atoms with Crippen molar-refractivity contribution in [3.05, 3.63) is 189 Å². The van der Waals surface area contributed by atoms with E-state index in [1.54, 1.807) is 12.4 Å². The molecule has 0 unspecified atom stereocenters. The van der Waals surface area contributed by atoms with Crippen molar-refractivity contribution in [3.63, 3.8) is 0 Å². The fourth-order valence-electron chi connectivity index (χ4n) is 7.57. The molecule has 0 fully saturated rings. The van der Waals surface area contributed by atoms with Crippen LogP contribution in [0.2, 0.25) is 0 Å². The summed E-state index contributed by atoms with van der Waals surface area (Å²) in [5.74, 6) is 1.79. The first-order valence-electron chi connectivity index (χ1n) is 18.0. The molecule has 0 atom stereocenters. The van der Waals surface area contributed by atoms with Gasteiger partial charge in [-0.3, -0.25) is 9.97 Å². The average Bonchev–Trinajstić information content (AvgIpc) is 3.26. The second-order valence-electron chi connectivity index (χ2n) is 13.3. The fourth-order valence-corrected chi connectivity index (χ4v) is 7.57. The smallest absolute Gasteiger partial charge is 0.164 e. The fraction of sp³-hybridized carbons (Fsp3) is 0. The number of benzene rings is 6. The van der Waals surface area contributed by atoms with Crippen molar-refractivity contribution in [1.29, 1.82) is 0 Å². The van der Waals surface area contributed by atoms with E-state index in [-0.39, 0.29) is 0 Å². The number of pyridine rings is 2. The highest BCUT2D eigenvalue weighted by atomic mass is 15.0. The van der Waals surface area contributed by atoms with Gasteiger partial charge in [0.15, 0.2) is 17.5 Å². The van der Waals surface area contributed by atoms with E-state index < -0.39 is 0 Å². The van der Waals surface area contributed by atoms with Crippen LogP contribution in [0.1, 0.15) is 0 Å². The highest BCUT2D eigenvalue weighted by Gasteiger charge is 2.15. The van der Waals surface area contributed by atoms with Crippen molar-refractivity contribution in [2.45, 2.75) is 0 Å². The van der Waals surface area contributed by atoms with Crippen LogP contribution in [0.5, 0.6) is 0 Å². The SMILES string of the molecule is c1ccc2c(c1)c1ccccc1c1ccccc1c1cc(-c3nc(-c4ccncc4)nc(-c4ccc(-c5ccncc5)cc4)n3)ccc1c1ccccc21. The van der Waals surface area contributed by atoms with Gasteiger partial charge in [0.2, 0.25) is 0 Å². The Morgan fingerprint density at radius 3 is 0.926 bits per heavy atom. The molecule has 0 saturated heterocycles. The number of hydrogen-bond acceptors (Lipinski definition) is 5. The number of nitrogens with zero attached hydrogens (tertiary/aromatic N) is 5. The molecule has 0 aliphatic carbocycles. The first kappa shape index (κ1) is 31.4. The normalized spacial score (nSPS) is 11.3. The molecule has 0 bridgehead atoms. The lowest BCUT2D eigenvalue weighted by Crippen LogP contribution is -2.00. The third-order valence-electron chi connectivity index (χ3n) is 10.2. The molecule has 0 aliphatic heterocycles. The van der Waals surface area contributed by atoms with E-state index in [1.807, 2.05) is 36.7 Å². The zero-order chi connectivity index (χ0) is 35.8. The van der Waals surface area contributed by atoms with Crippen LogP contribution in [0.4, 0.5) is 0 Å². The number of aromatic nitrogens is 5. The summed E-state index contributed by atoms with van der Waals surface area (Å²) in [5, 5.41) is 11.7. The van der Waals surface area contributed by atoms with Crippen LogP contribution in [0.15, 0.2) is 189 Å². The summed E-state index contributed by atoms with van der Waals surface area (Å²) in [7, 11) is 0. The molecule has 0 aliphatic rings. The third-order valence-corrected chi connectivity index (χ3v) is 10.2. The molecule has 54 heavy (non-hydrogen) atoms. The zero-order valence-electron chi connectivity index (χ0n) is 29.1. The summed E-state index contributed by atoms with van der Waals surface area (Å²) in [6.07, 6.45) is 7.15. The van der Waals surface area contributed by atoms with Gasteiger partial charge in [-0.05, 0) is 95.3 Å². The van der Waals surface area contributed by atoms with Gasteiger partial charge >= 0.3 is 0 Å². The Morgan fingerprint density at radius 2 is 0.500 bits per heavy atom. The standard InChI is InChI=1S/C49H31N5/c1-2-11-39-37(9-1)38-10-3-4-12-40(38)42-14-7-8-16-44(42)46-31-36(21-22-45(46)43-15-6-5-13-41(39)43)49-53-47(52-48(54-49)35-25-29-51-30-26-35)34-19-17-32(18-20-34)33-23-27-50-28-24-33/h1-31H. The van der Waals surface area contributed by atoms with Crippen LogP contribution in [0.25, 0.3) is 99.2 Å². The minimum Gasteiger partial charge on any atom is -0.265 e. The van der Waals surface area contributed by atoms with Crippen molar-refractivity contribution in [3.8, 4) is 45.3 Å². The van der Waals surface area contributed by atoms with Crippen LogP contribution in [0, 0.1) is 0 Å². The molecule has 0 spiro atoms. The summed E-state index contributed by atoms with van der Waals surface area (Å²) < 4.78 is 0. The van der Waals surface area contributed by atoms with E-state index in [9.17, 15) is 0 Å². The van der Waals surface area contributed by atoms with Gasteiger partial charge in [-0.2, -0.15) is 0 Å². The first-order chi connectivity index (χ1) is 26.8. The Hall–Kier alpha value is -7.37. The third kappa shape index (κ3) is 5.56. The lowest BCUT2D eigenvalue weighted by Gasteiger charge is -2.12. The molecule has 0 amide bonds. The van der Waals surface area contributed by atoms with E-state index >= 15 is 0 Å². The average molecular weight is 690 g/mol. The molecule has 0 radical (unpaired) electrons. The summed E-state index contributed by atoms with van der Waals surface area (Å²) in [5.41, 5.74) is 4.88. The van der Waals surface area contributed by atoms with Crippen LogP contribution in [-0.2, 0) is 0 Å². The minimum atomic E-state index is 0.590. The summed E-state index contributed by atoms with van der Waals surface area (Å²) >= 11 is 0. The molecule has 3 heterocycles. The predicted molar refractivity (Wildman–Crippen MR) is 222 cm³/mol. The van der Waals surface area contributed by atoms with Crippen molar-refractivity contribution in [1.82, 2.24) is 24.9 Å². The van der Waals surface area contributed by atoms with Gasteiger partial charge < -0.3 is 0 Å². The predicted octanol–water partition coefficient (Wildman–Crippen LogP) is 12.2. The first-order valence-corrected chi connectivity index (χ1v) is 18.0. The Bertz CT molecular complexity index is 3010. The van der Waals surface area contributed by atoms with Gasteiger partial charge in [-0.1, -0.05) is 133 Å². The molecule has 10 aromatic rings.